The molecule has 0 unspecified atom stereocenters. The minimum absolute atomic E-state index is 0.0463. The number of nitrogens with zero attached hydrogens (tertiary/aromatic N) is 1. The molecule has 2 saturated heterocycles. The van der Waals surface area contributed by atoms with E-state index < -0.39 is 0 Å². The number of carbonyl (C=O) groups excluding carboxylic acids is 2. The third kappa shape index (κ3) is 1.76. The predicted octanol–water partition coefficient (Wildman–Crippen LogP) is 1.89. The Morgan fingerprint density at radius 2 is 2.40 bits per heavy atom. The molecule has 0 spiro atoms. The van der Waals surface area contributed by atoms with Gasteiger partial charge in [0, 0.05) is 17.2 Å². The fraction of sp³-hybridized carbons (Fsp3) is 0.467. The molecule has 0 aromatic heterocycles. The van der Waals surface area contributed by atoms with Crippen molar-refractivity contribution in [3.8, 4) is 0 Å². The van der Waals surface area contributed by atoms with Crippen LogP contribution in [0.5, 0.6) is 0 Å². The van der Waals surface area contributed by atoms with Gasteiger partial charge in [0.2, 0.25) is 0 Å². The molecule has 3 heterocycles. The molecular weight excluding hydrogens is 274 g/mol. The summed E-state index contributed by atoms with van der Waals surface area (Å²) in [5.74, 6) is 1.82. The minimum Gasteiger partial charge on any atom is -0.457 e. The Kier molecular flexibility index (Phi) is 3.46. The first kappa shape index (κ1) is 13.5. The summed E-state index contributed by atoms with van der Waals surface area (Å²) < 4.78 is 5.16. The van der Waals surface area contributed by atoms with Gasteiger partial charge in [0.15, 0.2) is 0 Å². The van der Waals surface area contributed by atoms with Crippen LogP contribution in [-0.2, 0) is 14.3 Å². The number of β-lactam (4-membered cyclic amide) rings is 1. The van der Waals surface area contributed by atoms with Crippen molar-refractivity contribution in [3.63, 3.8) is 0 Å². The summed E-state index contributed by atoms with van der Waals surface area (Å²) in [5.41, 5.74) is 2.44. The summed E-state index contributed by atoms with van der Waals surface area (Å²) >= 11 is 1.89. The SMILES string of the molecule is C=CCOC(=O)C1=C2CCSC[C@@H]2[C@@H]2C(=CC)C(=O)N12. The molecule has 0 saturated carbocycles. The van der Waals surface area contributed by atoms with Gasteiger partial charge in [-0.25, -0.2) is 4.79 Å². The number of rotatable bonds is 3. The smallest absolute Gasteiger partial charge is 0.355 e. The van der Waals surface area contributed by atoms with Crippen molar-refractivity contribution in [3.05, 3.63) is 35.6 Å². The van der Waals surface area contributed by atoms with Gasteiger partial charge in [-0.15, -0.1) is 0 Å². The highest BCUT2D eigenvalue weighted by molar-refractivity contribution is 7.99. The Labute approximate surface area is 122 Å². The molecule has 0 aromatic carbocycles. The fourth-order valence-electron chi connectivity index (χ4n) is 3.24. The van der Waals surface area contributed by atoms with Crippen LogP contribution >= 0.6 is 11.8 Å². The molecule has 5 heteroatoms. The van der Waals surface area contributed by atoms with E-state index in [-0.39, 0.29) is 30.4 Å². The summed E-state index contributed by atoms with van der Waals surface area (Å²) in [6.45, 7) is 5.60. The number of fused-ring (bicyclic) bond motifs is 3. The zero-order valence-electron chi connectivity index (χ0n) is 11.4. The molecule has 0 radical (unpaired) electrons. The average molecular weight is 291 g/mol. The largest absolute Gasteiger partial charge is 0.457 e. The van der Waals surface area contributed by atoms with Gasteiger partial charge >= 0.3 is 5.97 Å². The van der Waals surface area contributed by atoms with E-state index in [0.29, 0.717) is 5.70 Å². The van der Waals surface area contributed by atoms with Crippen molar-refractivity contribution >= 4 is 23.6 Å². The number of esters is 1. The van der Waals surface area contributed by atoms with Gasteiger partial charge in [0.05, 0.1) is 6.04 Å². The molecule has 106 valence electrons. The quantitative estimate of drug-likeness (QED) is 0.345. The van der Waals surface area contributed by atoms with Crippen molar-refractivity contribution in [2.45, 2.75) is 19.4 Å². The zero-order valence-corrected chi connectivity index (χ0v) is 12.2. The Balaban J connectivity index is 1.95. The molecular formula is C15H17NO3S. The number of ether oxygens (including phenoxy) is 1. The third-order valence-corrected chi connectivity index (χ3v) is 5.17. The van der Waals surface area contributed by atoms with E-state index >= 15 is 0 Å². The van der Waals surface area contributed by atoms with Gasteiger partial charge in [-0.05, 0) is 24.7 Å². The zero-order chi connectivity index (χ0) is 14.3. The van der Waals surface area contributed by atoms with E-state index in [1.54, 1.807) is 11.0 Å². The van der Waals surface area contributed by atoms with Crippen molar-refractivity contribution in [2.75, 3.05) is 18.1 Å². The lowest BCUT2D eigenvalue weighted by molar-refractivity contribution is -0.145. The maximum absolute atomic E-state index is 12.2. The Morgan fingerprint density at radius 3 is 3.10 bits per heavy atom. The van der Waals surface area contributed by atoms with Gasteiger partial charge in [-0.3, -0.25) is 9.69 Å². The monoisotopic (exact) mass is 291 g/mol. The number of thioether (sulfide) groups is 1. The molecule has 0 N–H and O–H groups in total. The van der Waals surface area contributed by atoms with Crippen LogP contribution in [0.1, 0.15) is 13.3 Å². The fourth-order valence-corrected chi connectivity index (χ4v) is 4.41. The van der Waals surface area contributed by atoms with E-state index in [4.69, 9.17) is 4.74 Å². The van der Waals surface area contributed by atoms with Crippen molar-refractivity contribution in [1.82, 2.24) is 4.90 Å². The first-order valence-electron chi connectivity index (χ1n) is 6.79. The van der Waals surface area contributed by atoms with E-state index in [1.807, 2.05) is 24.8 Å². The second-order valence-electron chi connectivity index (χ2n) is 5.06. The van der Waals surface area contributed by atoms with Crippen LogP contribution in [0.25, 0.3) is 0 Å². The molecule has 20 heavy (non-hydrogen) atoms. The van der Waals surface area contributed by atoms with Gasteiger partial charge in [-0.2, -0.15) is 11.8 Å². The molecule has 3 aliphatic heterocycles. The standard InChI is InChI=1S/C15H17NO3S/c1-3-6-19-15(18)13-10-5-7-20-8-11(10)12-9(4-2)14(17)16(12)13/h3-4,11-12H,1,5-8H2,2H3/t11-,12-/m0/s1. The lowest BCUT2D eigenvalue weighted by atomic mass is 9.84. The highest BCUT2D eigenvalue weighted by atomic mass is 32.2. The summed E-state index contributed by atoms with van der Waals surface area (Å²) in [7, 11) is 0. The number of amides is 1. The Hall–Kier alpha value is -1.49. The van der Waals surface area contributed by atoms with Crippen LogP contribution in [0.4, 0.5) is 0 Å². The summed E-state index contributed by atoms with van der Waals surface area (Å²) in [5, 5.41) is 0. The second-order valence-corrected chi connectivity index (χ2v) is 6.21. The molecule has 0 aliphatic carbocycles. The summed E-state index contributed by atoms with van der Waals surface area (Å²) in [6.07, 6.45) is 4.28. The average Bonchev–Trinajstić information content (AvgIpc) is 2.77. The first-order valence-corrected chi connectivity index (χ1v) is 7.94. The van der Waals surface area contributed by atoms with E-state index in [0.717, 1.165) is 29.1 Å². The summed E-state index contributed by atoms with van der Waals surface area (Å²) in [6, 6.07) is 0.0570. The van der Waals surface area contributed by atoms with Gasteiger partial charge in [0.25, 0.3) is 5.91 Å². The Morgan fingerprint density at radius 1 is 1.60 bits per heavy atom. The van der Waals surface area contributed by atoms with Crippen LogP contribution in [0.15, 0.2) is 35.6 Å². The molecule has 2 fully saturated rings. The highest BCUT2D eigenvalue weighted by Crippen LogP contribution is 2.50. The van der Waals surface area contributed by atoms with Gasteiger partial charge < -0.3 is 4.74 Å². The molecule has 3 aliphatic rings. The van der Waals surface area contributed by atoms with E-state index in [1.165, 1.54) is 0 Å². The summed E-state index contributed by atoms with van der Waals surface area (Å²) in [4.78, 5) is 26.1. The van der Waals surface area contributed by atoms with Crippen molar-refractivity contribution in [1.29, 1.82) is 0 Å². The van der Waals surface area contributed by atoms with E-state index in [2.05, 4.69) is 6.58 Å². The van der Waals surface area contributed by atoms with Gasteiger partial charge in [-0.1, -0.05) is 18.7 Å². The lowest BCUT2D eigenvalue weighted by Crippen LogP contribution is -2.55. The number of hydrogen-bond donors (Lipinski definition) is 0. The molecule has 3 rings (SSSR count). The molecule has 2 atom stereocenters. The predicted molar refractivity (Wildman–Crippen MR) is 78.0 cm³/mol. The number of carbonyl (C=O) groups is 2. The second kappa shape index (κ2) is 5.13. The Bertz CT molecular complexity index is 549. The van der Waals surface area contributed by atoms with Crippen LogP contribution in [0.2, 0.25) is 0 Å². The van der Waals surface area contributed by atoms with Gasteiger partial charge in [0.1, 0.15) is 12.3 Å². The van der Waals surface area contributed by atoms with Crippen molar-refractivity contribution in [2.24, 2.45) is 5.92 Å². The lowest BCUT2D eigenvalue weighted by Gasteiger charge is -2.41. The van der Waals surface area contributed by atoms with Crippen LogP contribution in [0, 0.1) is 5.92 Å². The molecule has 0 aromatic rings. The number of allylic oxidation sites excluding steroid dienone is 1. The molecule has 1 amide bonds. The topological polar surface area (TPSA) is 46.6 Å². The molecule has 0 bridgehead atoms. The molecule has 4 nitrogen and oxygen atoms in total. The maximum atomic E-state index is 12.2. The van der Waals surface area contributed by atoms with Crippen LogP contribution < -0.4 is 0 Å². The maximum Gasteiger partial charge on any atom is 0.355 e. The van der Waals surface area contributed by atoms with Crippen LogP contribution in [-0.4, -0.2) is 40.9 Å². The van der Waals surface area contributed by atoms with E-state index in [9.17, 15) is 9.59 Å². The van der Waals surface area contributed by atoms with Crippen molar-refractivity contribution < 1.29 is 14.3 Å². The minimum atomic E-state index is -0.386. The number of hydrogen-bond acceptors (Lipinski definition) is 4. The third-order valence-electron chi connectivity index (χ3n) is 4.09. The normalized spacial score (nSPS) is 29.9. The van der Waals surface area contributed by atoms with Crippen LogP contribution in [0.3, 0.4) is 0 Å². The first-order chi connectivity index (χ1) is 9.70. The highest BCUT2D eigenvalue weighted by Gasteiger charge is 2.56.